The van der Waals surface area contributed by atoms with Crippen LogP contribution >= 0.6 is 24.0 Å². The molecule has 7 nitrogen and oxygen atoms in total. The number of aromatic nitrogens is 4. The van der Waals surface area contributed by atoms with Gasteiger partial charge < -0.3 is 20.2 Å². The zero-order valence-corrected chi connectivity index (χ0v) is 20.4. The molecule has 0 amide bonds. The second kappa shape index (κ2) is 10.9. The number of hydrogen-bond acceptors (Lipinski definition) is 3. The van der Waals surface area contributed by atoms with Crippen LogP contribution < -0.4 is 10.6 Å². The van der Waals surface area contributed by atoms with E-state index in [2.05, 4.69) is 25.8 Å². The van der Waals surface area contributed by atoms with Crippen LogP contribution in [0.2, 0.25) is 0 Å². The zero-order valence-electron chi connectivity index (χ0n) is 18.1. The Morgan fingerprint density at radius 2 is 2.06 bits per heavy atom. The lowest BCUT2D eigenvalue weighted by Crippen LogP contribution is -2.44. The third kappa shape index (κ3) is 5.96. The van der Waals surface area contributed by atoms with Crippen molar-refractivity contribution < 1.29 is 4.39 Å². The second-order valence-corrected chi connectivity index (χ2v) is 8.05. The SMILES string of the molecule is Cc1nnc(CN=C(NCCc2c[nH]c3ccc(F)cc23)NC2CCCCC2)n1C.I. The molecule has 1 aliphatic carbocycles. The Bertz CT molecular complexity index is 1020. The van der Waals surface area contributed by atoms with Gasteiger partial charge in [0.2, 0.25) is 0 Å². The quantitative estimate of drug-likeness (QED) is 0.252. The Kier molecular flexibility index (Phi) is 8.28. The van der Waals surface area contributed by atoms with Crippen LogP contribution in [0.1, 0.15) is 49.3 Å². The molecule has 0 unspecified atom stereocenters. The lowest BCUT2D eigenvalue weighted by molar-refractivity contribution is 0.410. The third-order valence-electron chi connectivity index (χ3n) is 5.92. The van der Waals surface area contributed by atoms with Crippen LogP contribution in [0, 0.1) is 12.7 Å². The van der Waals surface area contributed by atoms with E-state index in [4.69, 9.17) is 4.99 Å². The van der Waals surface area contributed by atoms with Gasteiger partial charge in [0.15, 0.2) is 11.8 Å². The van der Waals surface area contributed by atoms with Crippen molar-refractivity contribution in [3.8, 4) is 0 Å². The molecule has 3 N–H and O–H groups in total. The Morgan fingerprint density at radius 1 is 1.26 bits per heavy atom. The van der Waals surface area contributed by atoms with Crippen LogP contribution in [-0.4, -0.2) is 38.3 Å². The van der Waals surface area contributed by atoms with Crippen molar-refractivity contribution in [2.45, 2.75) is 58.0 Å². The van der Waals surface area contributed by atoms with Gasteiger partial charge in [-0.2, -0.15) is 0 Å². The maximum Gasteiger partial charge on any atom is 0.191 e. The average molecular weight is 539 g/mol. The first-order chi connectivity index (χ1) is 14.6. The number of aromatic amines is 1. The van der Waals surface area contributed by atoms with Gasteiger partial charge >= 0.3 is 0 Å². The normalized spacial score (nSPS) is 15.1. The highest BCUT2D eigenvalue weighted by Crippen LogP contribution is 2.20. The number of rotatable bonds is 6. The highest BCUT2D eigenvalue weighted by Gasteiger charge is 2.15. The molecule has 4 rings (SSSR count). The lowest BCUT2D eigenvalue weighted by Gasteiger charge is -2.25. The minimum absolute atomic E-state index is 0. The van der Waals surface area contributed by atoms with Crippen LogP contribution in [0.4, 0.5) is 4.39 Å². The largest absolute Gasteiger partial charge is 0.361 e. The minimum atomic E-state index is -0.212. The number of benzene rings is 1. The maximum absolute atomic E-state index is 13.6. The topological polar surface area (TPSA) is 82.9 Å². The summed E-state index contributed by atoms with van der Waals surface area (Å²) in [6.07, 6.45) is 8.91. The fraction of sp³-hybridized carbons (Fsp3) is 0.500. The van der Waals surface area contributed by atoms with Gasteiger partial charge in [-0.15, -0.1) is 34.2 Å². The molecule has 0 atom stereocenters. The summed E-state index contributed by atoms with van der Waals surface area (Å²) in [6.45, 7) is 3.11. The highest BCUT2D eigenvalue weighted by atomic mass is 127. The van der Waals surface area contributed by atoms with E-state index in [1.807, 2.05) is 24.7 Å². The van der Waals surface area contributed by atoms with Crippen LogP contribution in [0.3, 0.4) is 0 Å². The van der Waals surface area contributed by atoms with Gasteiger partial charge in [-0.05, 0) is 49.9 Å². The van der Waals surface area contributed by atoms with E-state index in [-0.39, 0.29) is 29.8 Å². The van der Waals surface area contributed by atoms with E-state index in [0.717, 1.165) is 40.5 Å². The monoisotopic (exact) mass is 539 g/mol. The summed E-state index contributed by atoms with van der Waals surface area (Å²) in [7, 11) is 1.96. The summed E-state index contributed by atoms with van der Waals surface area (Å²) in [5.74, 6) is 2.30. The fourth-order valence-corrected chi connectivity index (χ4v) is 4.00. The summed E-state index contributed by atoms with van der Waals surface area (Å²) in [4.78, 5) is 7.98. The Morgan fingerprint density at radius 3 is 2.81 bits per heavy atom. The summed E-state index contributed by atoms with van der Waals surface area (Å²) in [5.41, 5.74) is 2.05. The summed E-state index contributed by atoms with van der Waals surface area (Å²) in [5, 5.41) is 16.3. The Hall–Kier alpha value is -2.17. The molecule has 3 aromatic rings. The van der Waals surface area contributed by atoms with Crippen molar-refractivity contribution in [3.05, 3.63) is 47.4 Å². The number of H-pyrrole nitrogens is 1. The lowest BCUT2D eigenvalue weighted by atomic mass is 9.96. The van der Waals surface area contributed by atoms with Crippen molar-refractivity contribution in [2.24, 2.45) is 12.0 Å². The van der Waals surface area contributed by atoms with Gasteiger partial charge in [0.1, 0.15) is 18.2 Å². The molecule has 0 spiro atoms. The van der Waals surface area contributed by atoms with Crippen molar-refractivity contribution in [1.29, 1.82) is 0 Å². The highest BCUT2D eigenvalue weighted by molar-refractivity contribution is 14.0. The van der Waals surface area contributed by atoms with E-state index in [1.165, 1.54) is 38.2 Å². The van der Waals surface area contributed by atoms with Crippen LogP contribution in [-0.2, 0) is 20.0 Å². The molecule has 1 saturated carbocycles. The molecule has 0 saturated heterocycles. The fourth-order valence-electron chi connectivity index (χ4n) is 4.00. The van der Waals surface area contributed by atoms with Gasteiger partial charge in [-0.1, -0.05) is 19.3 Å². The molecule has 0 radical (unpaired) electrons. The first-order valence-electron chi connectivity index (χ1n) is 10.8. The average Bonchev–Trinajstić information content (AvgIpc) is 3.30. The van der Waals surface area contributed by atoms with Gasteiger partial charge in [-0.3, -0.25) is 0 Å². The second-order valence-electron chi connectivity index (χ2n) is 8.05. The van der Waals surface area contributed by atoms with Gasteiger partial charge in [0, 0.05) is 36.7 Å². The molecule has 2 aromatic heterocycles. The molecule has 2 heterocycles. The molecule has 0 aliphatic heterocycles. The first kappa shape index (κ1) is 23.5. The predicted octanol–water partition coefficient (Wildman–Crippen LogP) is 3.97. The van der Waals surface area contributed by atoms with Crippen molar-refractivity contribution >= 4 is 40.8 Å². The smallest absolute Gasteiger partial charge is 0.191 e. The molecule has 9 heteroatoms. The number of nitrogens with zero attached hydrogens (tertiary/aromatic N) is 4. The molecule has 1 aliphatic rings. The number of aryl methyl sites for hydroxylation is 1. The number of aliphatic imine (C=N–C) groups is 1. The standard InChI is InChI=1S/C22H30FN7.HI/c1-15-28-29-21(30(15)2)14-26-22(27-18-6-4-3-5-7-18)24-11-10-16-13-25-20-9-8-17(23)12-19(16)20;/h8-9,12-13,18,25H,3-7,10-11,14H2,1-2H3,(H2,24,26,27);1H. The number of nitrogens with one attached hydrogen (secondary N) is 3. The summed E-state index contributed by atoms with van der Waals surface area (Å²) < 4.78 is 15.6. The molecular weight excluding hydrogens is 508 g/mol. The molecule has 1 aromatic carbocycles. The van der Waals surface area contributed by atoms with Crippen molar-refractivity contribution in [2.75, 3.05) is 6.54 Å². The molecule has 0 bridgehead atoms. The van der Waals surface area contributed by atoms with Crippen molar-refractivity contribution in [1.82, 2.24) is 30.4 Å². The van der Waals surface area contributed by atoms with Crippen LogP contribution in [0.15, 0.2) is 29.4 Å². The van der Waals surface area contributed by atoms with Gasteiger partial charge in [0.25, 0.3) is 0 Å². The van der Waals surface area contributed by atoms with Crippen LogP contribution in [0.5, 0.6) is 0 Å². The predicted molar refractivity (Wildman–Crippen MR) is 132 cm³/mol. The Balaban J connectivity index is 0.00000272. The minimum Gasteiger partial charge on any atom is -0.361 e. The first-order valence-corrected chi connectivity index (χ1v) is 10.8. The summed E-state index contributed by atoms with van der Waals surface area (Å²) in [6, 6.07) is 5.30. The Labute approximate surface area is 199 Å². The van der Waals surface area contributed by atoms with Gasteiger partial charge in [-0.25, -0.2) is 9.38 Å². The maximum atomic E-state index is 13.6. The van der Waals surface area contributed by atoms with E-state index in [9.17, 15) is 4.39 Å². The molecule has 31 heavy (non-hydrogen) atoms. The number of fused-ring (bicyclic) bond motifs is 1. The van der Waals surface area contributed by atoms with Crippen LogP contribution in [0.25, 0.3) is 10.9 Å². The van der Waals surface area contributed by atoms with Crippen molar-refractivity contribution in [3.63, 3.8) is 0 Å². The molecule has 1 fully saturated rings. The van der Waals surface area contributed by atoms with E-state index >= 15 is 0 Å². The summed E-state index contributed by atoms with van der Waals surface area (Å²) >= 11 is 0. The van der Waals surface area contributed by atoms with Gasteiger partial charge in [0.05, 0.1) is 0 Å². The van der Waals surface area contributed by atoms with E-state index < -0.39 is 0 Å². The number of hydrogen-bond donors (Lipinski definition) is 3. The van der Waals surface area contributed by atoms with E-state index in [0.29, 0.717) is 19.1 Å². The van der Waals surface area contributed by atoms with E-state index in [1.54, 1.807) is 12.1 Å². The number of guanidine groups is 1. The zero-order chi connectivity index (χ0) is 20.9. The molecule has 168 valence electrons. The molecular formula is C22H31FIN7. The third-order valence-corrected chi connectivity index (χ3v) is 5.92. The number of halogens is 2.